The van der Waals surface area contributed by atoms with Gasteiger partial charge in [-0.15, -0.1) is 0 Å². The minimum atomic E-state index is -0.115. The largest absolute Gasteiger partial charge is 0.328 e. The molecule has 1 aromatic heterocycles. The second-order valence-electron chi connectivity index (χ2n) is 5.03. The Balaban J connectivity index is 2.51. The molecule has 0 unspecified atom stereocenters. The van der Waals surface area contributed by atoms with E-state index in [4.69, 9.17) is 5.73 Å². The van der Waals surface area contributed by atoms with Crippen molar-refractivity contribution in [3.05, 3.63) is 42.4 Å². The van der Waals surface area contributed by atoms with Gasteiger partial charge in [-0.05, 0) is 26.8 Å². The summed E-state index contributed by atoms with van der Waals surface area (Å²) < 4.78 is 2.14. The van der Waals surface area contributed by atoms with Crippen LogP contribution in [0.2, 0.25) is 0 Å². The monoisotopic (exact) mass is 229 g/mol. The van der Waals surface area contributed by atoms with Crippen molar-refractivity contribution in [2.45, 2.75) is 26.3 Å². The van der Waals surface area contributed by atoms with E-state index in [2.05, 4.69) is 54.6 Å². The summed E-state index contributed by atoms with van der Waals surface area (Å²) in [6, 6.07) is 8.43. The molecule has 3 heteroatoms. The summed E-state index contributed by atoms with van der Waals surface area (Å²) in [4.78, 5) is 4.25. The first-order valence-corrected chi connectivity index (χ1v) is 5.84. The van der Waals surface area contributed by atoms with Gasteiger partial charge < -0.3 is 10.3 Å². The maximum absolute atomic E-state index is 5.83. The Morgan fingerprint density at radius 2 is 2.12 bits per heavy atom. The molecule has 0 aliphatic heterocycles. The van der Waals surface area contributed by atoms with Crippen LogP contribution in [0.1, 0.15) is 19.4 Å². The molecule has 0 bridgehead atoms. The summed E-state index contributed by atoms with van der Waals surface area (Å²) in [5, 5.41) is 0. The number of rotatable bonds is 3. The molecule has 0 radical (unpaired) electrons. The second kappa shape index (κ2) is 4.34. The molecule has 0 saturated heterocycles. The number of benzene rings is 1. The Morgan fingerprint density at radius 3 is 2.76 bits per heavy atom. The van der Waals surface area contributed by atoms with Gasteiger partial charge in [0.15, 0.2) is 0 Å². The van der Waals surface area contributed by atoms with Crippen molar-refractivity contribution in [3.63, 3.8) is 0 Å². The van der Waals surface area contributed by atoms with Crippen LogP contribution in [-0.4, -0.2) is 16.1 Å². The summed E-state index contributed by atoms with van der Waals surface area (Å²) in [5.41, 5.74) is 9.26. The summed E-state index contributed by atoms with van der Waals surface area (Å²) in [7, 11) is 0. The third-order valence-corrected chi connectivity index (χ3v) is 3.10. The maximum Gasteiger partial charge on any atom is 0.0956 e. The Bertz CT molecular complexity index is 512. The second-order valence-corrected chi connectivity index (χ2v) is 5.03. The van der Waals surface area contributed by atoms with Crippen molar-refractivity contribution in [2.24, 2.45) is 5.73 Å². The molecule has 90 valence electrons. The number of nitrogens with two attached hydrogens (primary N) is 1. The predicted octanol–water partition coefficient (Wildman–Crippen LogP) is 2.55. The Morgan fingerprint density at radius 1 is 1.35 bits per heavy atom. The summed E-state index contributed by atoms with van der Waals surface area (Å²) in [5.74, 6) is 0. The van der Waals surface area contributed by atoms with E-state index in [-0.39, 0.29) is 5.54 Å². The lowest BCUT2D eigenvalue weighted by molar-refractivity contribution is 0.370. The van der Waals surface area contributed by atoms with E-state index in [1.807, 2.05) is 12.5 Å². The number of hydrogen-bond acceptors (Lipinski definition) is 2. The molecule has 0 fully saturated rings. The molecule has 1 heterocycles. The smallest absolute Gasteiger partial charge is 0.0956 e. The van der Waals surface area contributed by atoms with Crippen molar-refractivity contribution in [3.8, 4) is 11.3 Å². The van der Waals surface area contributed by atoms with Crippen LogP contribution in [0.15, 0.2) is 36.8 Å². The van der Waals surface area contributed by atoms with E-state index >= 15 is 0 Å². The van der Waals surface area contributed by atoms with Crippen LogP contribution in [-0.2, 0) is 5.54 Å². The van der Waals surface area contributed by atoms with E-state index in [1.165, 1.54) is 11.1 Å². The van der Waals surface area contributed by atoms with Crippen molar-refractivity contribution in [2.75, 3.05) is 6.54 Å². The van der Waals surface area contributed by atoms with Gasteiger partial charge in [-0.25, -0.2) is 4.98 Å². The number of nitrogens with zero attached hydrogens (tertiary/aromatic N) is 2. The maximum atomic E-state index is 5.83. The van der Waals surface area contributed by atoms with Crippen molar-refractivity contribution in [1.29, 1.82) is 0 Å². The van der Waals surface area contributed by atoms with Crippen LogP contribution >= 0.6 is 0 Å². The first-order chi connectivity index (χ1) is 8.04. The fraction of sp³-hybridized carbons (Fsp3) is 0.357. The van der Waals surface area contributed by atoms with Gasteiger partial charge in [0.2, 0.25) is 0 Å². The molecule has 2 N–H and O–H groups in total. The van der Waals surface area contributed by atoms with E-state index in [1.54, 1.807) is 0 Å². The number of aryl methyl sites for hydroxylation is 1. The highest BCUT2D eigenvalue weighted by Gasteiger charge is 2.21. The van der Waals surface area contributed by atoms with Crippen molar-refractivity contribution >= 4 is 0 Å². The van der Waals surface area contributed by atoms with Crippen LogP contribution in [0.5, 0.6) is 0 Å². The van der Waals surface area contributed by atoms with E-state index in [9.17, 15) is 0 Å². The first-order valence-electron chi connectivity index (χ1n) is 5.84. The molecule has 0 aliphatic carbocycles. The van der Waals surface area contributed by atoms with Gasteiger partial charge in [-0.2, -0.15) is 0 Å². The SMILES string of the molecule is Cc1cccc(-c2cncn2C(C)(C)CN)c1. The lowest BCUT2D eigenvalue weighted by atomic mass is 10.0. The van der Waals surface area contributed by atoms with E-state index < -0.39 is 0 Å². The zero-order valence-electron chi connectivity index (χ0n) is 10.6. The highest BCUT2D eigenvalue weighted by Crippen LogP contribution is 2.25. The third-order valence-electron chi connectivity index (χ3n) is 3.10. The van der Waals surface area contributed by atoms with Crippen molar-refractivity contribution in [1.82, 2.24) is 9.55 Å². The Kier molecular flexibility index (Phi) is 3.03. The standard InChI is InChI=1S/C14H19N3/c1-11-5-4-6-12(7-11)13-8-16-10-17(13)14(2,3)9-15/h4-8,10H,9,15H2,1-3H3. The molecule has 0 aliphatic rings. The molecule has 2 aromatic rings. The Labute approximate surface area is 102 Å². The molecule has 3 nitrogen and oxygen atoms in total. The number of aromatic nitrogens is 2. The molecule has 1 aromatic carbocycles. The van der Waals surface area contributed by atoms with Crippen LogP contribution in [0.4, 0.5) is 0 Å². The highest BCUT2D eigenvalue weighted by molar-refractivity contribution is 5.60. The van der Waals surface area contributed by atoms with Crippen LogP contribution in [0.3, 0.4) is 0 Å². The Hall–Kier alpha value is -1.61. The van der Waals surface area contributed by atoms with Gasteiger partial charge >= 0.3 is 0 Å². The van der Waals surface area contributed by atoms with E-state index in [0.29, 0.717) is 6.54 Å². The van der Waals surface area contributed by atoms with Crippen LogP contribution in [0, 0.1) is 6.92 Å². The number of imidazole rings is 1. The molecule has 0 saturated carbocycles. The molecule has 0 amide bonds. The zero-order valence-corrected chi connectivity index (χ0v) is 10.6. The minimum Gasteiger partial charge on any atom is -0.328 e. The molecule has 0 atom stereocenters. The van der Waals surface area contributed by atoms with Gasteiger partial charge in [0.1, 0.15) is 0 Å². The van der Waals surface area contributed by atoms with Gasteiger partial charge in [0.25, 0.3) is 0 Å². The predicted molar refractivity (Wildman–Crippen MR) is 70.8 cm³/mol. The van der Waals surface area contributed by atoms with Gasteiger partial charge in [-0.1, -0.05) is 23.8 Å². The molecular formula is C14H19N3. The normalized spacial score (nSPS) is 11.8. The zero-order chi connectivity index (χ0) is 12.5. The quantitative estimate of drug-likeness (QED) is 0.879. The molecule has 2 rings (SSSR count). The third kappa shape index (κ3) is 2.24. The van der Waals surface area contributed by atoms with Crippen LogP contribution < -0.4 is 5.73 Å². The highest BCUT2D eigenvalue weighted by atomic mass is 15.1. The summed E-state index contributed by atoms with van der Waals surface area (Å²) in [6.07, 6.45) is 3.75. The first kappa shape index (κ1) is 11.9. The fourth-order valence-electron chi connectivity index (χ4n) is 1.89. The van der Waals surface area contributed by atoms with Gasteiger partial charge in [0.05, 0.1) is 23.8 Å². The van der Waals surface area contributed by atoms with Gasteiger partial charge in [0, 0.05) is 12.1 Å². The average Bonchev–Trinajstić information content (AvgIpc) is 2.78. The van der Waals surface area contributed by atoms with Crippen molar-refractivity contribution < 1.29 is 0 Å². The summed E-state index contributed by atoms with van der Waals surface area (Å²) in [6.45, 7) is 6.92. The topological polar surface area (TPSA) is 43.8 Å². The fourth-order valence-corrected chi connectivity index (χ4v) is 1.89. The lowest BCUT2D eigenvalue weighted by Crippen LogP contribution is -2.34. The molecule has 0 spiro atoms. The van der Waals surface area contributed by atoms with Crippen LogP contribution in [0.25, 0.3) is 11.3 Å². The number of hydrogen-bond donors (Lipinski definition) is 1. The molecule has 17 heavy (non-hydrogen) atoms. The van der Waals surface area contributed by atoms with E-state index in [0.717, 1.165) is 5.69 Å². The van der Waals surface area contributed by atoms with Gasteiger partial charge in [-0.3, -0.25) is 0 Å². The average molecular weight is 229 g/mol. The lowest BCUT2D eigenvalue weighted by Gasteiger charge is -2.27. The molecular weight excluding hydrogens is 210 g/mol. The summed E-state index contributed by atoms with van der Waals surface area (Å²) >= 11 is 0. The minimum absolute atomic E-state index is 0.115.